The number of benzene rings is 2. The number of carbonyl (C=O) groups excluding carboxylic acids is 2. The quantitative estimate of drug-likeness (QED) is 0.846. The summed E-state index contributed by atoms with van der Waals surface area (Å²) in [5.74, 6) is 1.38. The van der Waals surface area contributed by atoms with Crippen molar-refractivity contribution < 1.29 is 9.59 Å². The molecule has 2 saturated heterocycles. The van der Waals surface area contributed by atoms with Crippen LogP contribution in [0.5, 0.6) is 0 Å². The second-order valence-electron chi connectivity index (χ2n) is 8.96. The maximum absolute atomic E-state index is 12.8. The van der Waals surface area contributed by atoms with Crippen molar-refractivity contribution in [3.63, 3.8) is 0 Å². The van der Waals surface area contributed by atoms with Gasteiger partial charge in [0, 0.05) is 44.7 Å². The molecule has 0 bridgehead atoms. The van der Waals surface area contributed by atoms with Crippen molar-refractivity contribution in [2.24, 2.45) is 11.8 Å². The molecule has 0 aromatic heterocycles. The number of piperazine rings is 1. The van der Waals surface area contributed by atoms with Gasteiger partial charge in [-0.1, -0.05) is 50.2 Å². The van der Waals surface area contributed by atoms with Crippen molar-refractivity contribution in [1.82, 2.24) is 14.7 Å². The number of piperidine rings is 1. The first kappa shape index (κ1) is 20.7. The first-order chi connectivity index (χ1) is 14.5. The van der Waals surface area contributed by atoms with Crippen LogP contribution in [-0.2, 0) is 4.79 Å². The highest BCUT2D eigenvalue weighted by atomic mass is 16.2. The highest BCUT2D eigenvalue weighted by molar-refractivity contribution is 6.01. The number of hydrogen-bond donors (Lipinski definition) is 1. The maximum Gasteiger partial charge on any atom is 0.321 e. The molecule has 4 rings (SSSR count). The molecule has 2 aliphatic rings. The smallest absolute Gasteiger partial charge is 0.321 e. The molecule has 6 nitrogen and oxygen atoms in total. The largest absolute Gasteiger partial charge is 0.341 e. The third-order valence-electron chi connectivity index (χ3n) is 6.27. The van der Waals surface area contributed by atoms with E-state index in [1.54, 1.807) is 0 Å². The zero-order valence-electron chi connectivity index (χ0n) is 18.0. The van der Waals surface area contributed by atoms with Gasteiger partial charge in [0.05, 0.1) is 12.2 Å². The molecule has 2 atom stereocenters. The van der Waals surface area contributed by atoms with Gasteiger partial charge in [-0.15, -0.1) is 0 Å². The van der Waals surface area contributed by atoms with E-state index >= 15 is 0 Å². The molecule has 0 unspecified atom stereocenters. The average Bonchev–Trinajstić information content (AvgIpc) is 2.74. The molecule has 2 heterocycles. The highest BCUT2D eigenvalue weighted by Gasteiger charge is 2.28. The lowest BCUT2D eigenvalue weighted by molar-refractivity contribution is -0.135. The van der Waals surface area contributed by atoms with Crippen LogP contribution < -0.4 is 5.32 Å². The first-order valence-corrected chi connectivity index (χ1v) is 11.0. The monoisotopic (exact) mass is 408 g/mol. The average molecular weight is 409 g/mol. The number of urea groups is 1. The normalized spacial score (nSPS) is 22.9. The Morgan fingerprint density at radius 2 is 1.57 bits per heavy atom. The van der Waals surface area contributed by atoms with E-state index in [1.165, 1.54) is 6.42 Å². The Bertz CT molecular complexity index is 892. The molecule has 0 radical (unpaired) electrons. The van der Waals surface area contributed by atoms with Crippen molar-refractivity contribution in [3.05, 3.63) is 42.5 Å². The van der Waals surface area contributed by atoms with Crippen LogP contribution in [0.2, 0.25) is 0 Å². The fourth-order valence-corrected chi connectivity index (χ4v) is 4.80. The van der Waals surface area contributed by atoms with E-state index in [-0.39, 0.29) is 11.9 Å². The molecule has 2 aromatic carbocycles. The third-order valence-corrected chi connectivity index (χ3v) is 6.27. The second kappa shape index (κ2) is 9.04. The number of carbonyl (C=O) groups is 2. The fraction of sp³-hybridized carbons (Fsp3) is 0.500. The predicted octanol–water partition coefficient (Wildman–Crippen LogP) is 3.49. The van der Waals surface area contributed by atoms with Gasteiger partial charge in [0.15, 0.2) is 0 Å². The minimum Gasteiger partial charge on any atom is -0.341 e. The van der Waals surface area contributed by atoms with Gasteiger partial charge < -0.3 is 15.1 Å². The minimum atomic E-state index is -0.0731. The summed E-state index contributed by atoms with van der Waals surface area (Å²) in [4.78, 5) is 31.6. The topological polar surface area (TPSA) is 55.9 Å². The summed E-state index contributed by atoms with van der Waals surface area (Å²) in [7, 11) is 0. The molecular weight excluding hydrogens is 376 g/mol. The molecule has 2 fully saturated rings. The summed E-state index contributed by atoms with van der Waals surface area (Å²) >= 11 is 0. The molecule has 0 saturated carbocycles. The van der Waals surface area contributed by atoms with Gasteiger partial charge in [-0.05, 0) is 29.7 Å². The van der Waals surface area contributed by atoms with Crippen LogP contribution in [0.15, 0.2) is 42.5 Å². The van der Waals surface area contributed by atoms with Crippen LogP contribution in [-0.4, -0.2) is 72.5 Å². The van der Waals surface area contributed by atoms with Crippen molar-refractivity contribution in [2.75, 3.05) is 51.1 Å². The Hall–Kier alpha value is -2.60. The summed E-state index contributed by atoms with van der Waals surface area (Å²) < 4.78 is 0. The fourth-order valence-electron chi connectivity index (χ4n) is 4.80. The Labute approximate surface area is 178 Å². The number of anilines is 1. The number of rotatable bonds is 3. The first-order valence-electron chi connectivity index (χ1n) is 11.0. The number of fused-ring (bicyclic) bond motifs is 1. The molecule has 0 aliphatic carbocycles. The van der Waals surface area contributed by atoms with E-state index in [0.717, 1.165) is 42.6 Å². The highest BCUT2D eigenvalue weighted by Crippen LogP contribution is 2.24. The summed E-state index contributed by atoms with van der Waals surface area (Å²) in [6, 6.07) is 13.9. The summed E-state index contributed by atoms with van der Waals surface area (Å²) in [6.45, 7) is 9.38. The molecule has 160 valence electrons. The van der Waals surface area contributed by atoms with E-state index in [9.17, 15) is 9.59 Å². The lowest BCUT2D eigenvalue weighted by Crippen LogP contribution is -2.53. The third kappa shape index (κ3) is 4.75. The maximum atomic E-state index is 12.8. The molecule has 1 N–H and O–H groups in total. The van der Waals surface area contributed by atoms with Crippen LogP contribution in [0.1, 0.15) is 20.3 Å². The summed E-state index contributed by atoms with van der Waals surface area (Å²) in [6.07, 6.45) is 1.20. The van der Waals surface area contributed by atoms with Gasteiger partial charge in [0.25, 0.3) is 0 Å². The molecule has 2 aromatic rings. The van der Waals surface area contributed by atoms with Crippen molar-refractivity contribution >= 4 is 28.4 Å². The van der Waals surface area contributed by atoms with Crippen LogP contribution in [0.3, 0.4) is 0 Å². The minimum absolute atomic E-state index is 0.0731. The summed E-state index contributed by atoms with van der Waals surface area (Å²) in [5.41, 5.74) is 0.837. The zero-order valence-corrected chi connectivity index (χ0v) is 18.0. The number of nitrogens with zero attached hydrogens (tertiary/aromatic N) is 3. The lowest BCUT2D eigenvalue weighted by Gasteiger charge is -2.38. The number of hydrogen-bond acceptors (Lipinski definition) is 3. The Balaban J connectivity index is 1.29. The Kier molecular flexibility index (Phi) is 6.23. The Morgan fingerprint density at radius 1 is 0.900 bits per heavy atom. The van der Waals surface area contributed by atoms with Gasteiger partial charge in [-0.2, -0.15) is 0 Å². The summed E-state index contributed by atoms with van der Waals surface area (Å²) in [5, 5.41) is 5.22. The lowest BCUT2D eigenvalue weighted by atomic mass is 9.92. The van der Waals surface area contributed by atoms with Gasteiger partial charge >= 0.3 is 6.03 Å². The van der Waals surface area contributed by atoms with Crippen LogP contribution in [0, 0.1) is 11.8 Å². The second-order valence-corrected chi connectivity index (χ2v) is 8.96. The van der Waals surface area contributed by atoms with Crippen molar-refractivity contribution in [1.29, 1.82) is 0 Å². The van der Waals surface area contributed by atoms with Gasteiger partial charge in [0.1, 0.15) is 0 Å². The molecule has 2 aliphatic heterocycles. The van der Waals surface area contributed by atoms with Crippen molar-refractivity contribution in [3.8, 4) is 0 Å². The van der Waals surface area contributed by atoms with E-state index in [0.29, 0.717) is 31.5 Å². The number of amides is 3. The van der Waals surface area contributed by atoms with Crippen molar-refractivity contribution in [2.45, 2.75) is 20.3 Å². The Morgan fingerprint density at radius 3 is 2.30 bits per heavy atom. The molecule has 0 spiro atoms. The number of nitrogens with one attached hydrogen (secondary N) is 1. The van der Waals surface area contributed by atoms with Crippen LogP contribution in [0.25, 0.3) is 10.8 Å². The van der Waals surface area contributed by atoms with E-state index in [1.807, 2.05) is 52.3 Å². The standard InChI is InChI=1S/C24H32N4O2/c1-18-14-19(2)16-28(15-18)23(29)17-26-10-12-27(13-11-26)24(30)25-22-9-5-7-20-6-3-4-8-21(20)22/h3-9,18-19H,10-17H2,1-2H3,(H,25,30)/t18-,19-/m1/s1. The zero-order chi connectivity index (χ0) is 21.1. The molecule has 30 heavy (non-hydrogen) atoms. The van der Waals surface area contributed by atoms with E-state index in [4.69, 9.17) is 0 Å². The molecule has 3 amide bonds. The van der Waals surface area contributed by atoms with E-state index < -0.39 is 0 Å². The molecular formula is C24H32N4O2. The molecule has 6 heteroatoms. The van der Waals surface area contributed by atoms with Gasteiger partial charge in [-0.3, -0.25) is 9.69 Å². The van der Waals surface area contributed by atoms with Gasteiger partial charge in [-0.25, -0.2) is 4.79 Å². The predicted molar refractivity (Wildman–Crippen MR) is 121 cm³/mol. The van der Waals surface area contributed by atoms with Crippen LogP contribution >= 0.6 is 0 Å². The van der Waals surface area contributed by atoms with E-state index in [2.05, 4.69) is 24.1 Å². The van der Waals surface area contributed by atoms with Gasteiger partial charge in [0.2, 0.25) is 5.91 Å². The number of likely N-dealkylation sites (tertiary alicyclic amines) is 1. The SMILES string of the molecule is C[C@@H]1C[C@@H](C)CN(C(=O)CN2CCN(C(=O)Nc3cccc4ccccc34)CC2)C1. The van der Waals surface area contributed by atoms with Crippen LogP contribution in [0.4, 0.5) is 10.5 Å².